The largest absolute Gasteiger partial charge is 0.356 e. The summed E-state index contributed by atoms with van der Waals surface area (Å²) in [6.07, 6.45) is 7.25. The van der Waals surface area contributed by atoms with E-state index in [1.54, 1.807) is 11.8 Å². The second-order valence-electron chi connectivity index (χ2n) is 4.73. The van der Waals surface area contributed by atoms with Gasteiger partial charge in [0.25, 0.3) is 0 Å². The monoisotopic (exact) mass is 246 g/mol. The van der Waals surface area contributed by atoms with Gasteiger partial charge >= 0.3 is 0 Å². The maximum Gasteiger partial charge on any atom is 0.105 e. The maximum absolute atomic E-state index is 4.92. The number of rotatable bonds is 1. The number of nitrogens with zero attached hydrogens (tertiary/aromatic N) is 2. The highest BCUT2D eigenvalue weighted by atomic mass is 32.2. The predicted molar refractivity (Wildman–Crippen MR) is 74.2 cm³/mol. The lowest BCUT2D eigenvalue weighted by Crippen LogP contribution is -2.32. The van der Waals surface area contributed by atoms with Crippen LogP contribution in [0.3, 0.4) is 0 Å². The first kappa shape index (κ1) is 11.1. The van der Waals surface area contributed by atoms with Gasteiger partial charge in [0.1, 0.15) is 5.84 Å². The number of aliphatic imine (C=N–C) groups is 1. The molecule has 2 aliphatic rings. The number of thioether (sulfide) groups is 1. The van der Waals surface area contributed by atoms with E-state index in [4.69, 9.17) is 4.99 Å². The van der Waals surface area contributed by atoms with Crippen LogP contribution in [-0.4, -0.2) is 23.5 Å². The molecule has 0 amide bonds. The van der Waals surface area contributed by atoms with Gasteiger partial charge in [0.2, 0.25) is 0 Å². The SMILES string of the molecule is CSc1cccc2c1N=C1CCCCCN1C2. The molecule has 0 aliphatic carbocycles. The van der Waals surface area contributed by atoms with Crippen LogP contribution in [0.4, 0.5) is 5.69 Å². The lowest BCUT2D eigenvalue weighted by molar-refractivity contribution is 0.403. The Bertz CT molecular complexity index is 454. The van der Waals surface area contributed by atoms with E-state index in [1.807, 2.05) is 0 Å². The molecule has 2 nitrogen and oxygen atoms in total. The minimum atomic E-state index is 1.06. The fourth-order valence-electron chi connectivity index (χ4n) is 2.67. The molecule has 2 aliphatic heterocycles. The van der Waals surface area contributed by atoms with Gasteiger partial charge in [-0.15, -0.1) is 11.8 Å². The fraction of sp³-hybridized carbons (Fsp3) is 0.500. The standard InChI is InChI=1S/C14H18N2S/c1-17-12-7-5-6-11-10-16-9-4-2-3-8-13(16)15-14(11)12/h5-7H,2-4,8-10H2,1H3. The van der Waals surface area contributed by atoms with Crippen molar-refractivity contribution in [1.82, 2.24) is 4.90 Å². The van der Waals surface area contributed by atoms with E-state index in [9.17, 15) is 0 Å². The molecule has 0 atom stereocenters. The summed E-state index contributed by atoms with van der Waals surface area (Å²) in [4.78, 5) is 8.71. The summed E-state index contributed by atoms with van der Waals surface area (Å²) >= 11 is 1.80. The number of hydrogen-bond donors (Lipinski definition) is 0. The number of amidine groups is 1. The minimum absolute atomic E-state index is 1.06. The van der Waals surface area contributed by atoms with E-state index < -0.39 is 0 Å². The van der Waals surface area contributed by atoms with Crippen molar-refractivity contribution in [2.24, 2.45) is 4.99 Å². The van der Waals surface area contributed by atoms with Gasteiger partial charge in [-0.2, -0.15) is 0 Å². The van der Waals surface area contributed by atoms with E-state index in [2.05, 4.69) is 29.4 Å². The highest BCUT2D eigenvalue weighted by Crippen LogP contribution is 2.36. The van der Waals surface area contributed by atoms with E-state index >= 15 is 0 Å². The van der Waals surface area contributed by atoms with Gasteiger partial charge in [0.15, 0.2) is 0 Å². The third-order valence-corrected chi connectivity index (χ3v) is 4.37. The van der Waals surface area contributed by atoms with Crippen molar-refractivity contribution in [2.75, 3.05) is 12.8 Å². The molecule has 1 fully saturated rings. The van der Waals surface area contributed by atoms with Crippen LogP contribution in [-0.2, 0) is 6.54 Å². The van der Waals surface area contributed by atoms with Crippen LogP contribution in [0.2, 0.25) is 0 Å². The van der Waals surface area contributed by atoms with Crippen molar-refractivity contribution in [2.45, 2.75) is 37.1 Å². The summed E-state index contributed by atoms with van der Waals surface area (Å²) in [6, 6.07) is 6.56. The molecule has 0 N–H and O–H groups in total. The average Bonchev–Trinajstić information content (AvgIpc) is 2.60. The number of fused-ring (bicyclic) bond motifs is 2. The summed E-state index contributed by atoms with van der Waals surface area (Å²) in [5.41, 5.74) is 2.62. The van der Waals surface area contributed by atoms with Crippen LogP contribution in [0.1, 0.15) is 31.2 Å². The van der Waals surface area contributed by atoms with Crippen molar-refractivity contribution in [3.63, 3.8) is 0 Å². The molecule has 90 valence electrons. The smallest absolute Gasteiger partial charge is 0.105 e. The Balaban J connectivity index is 2.03. The topological polar surface area (TPSA) is 15.6 Å². The molecular weight excluding hydrogens is 228 g/mol. The number of benzene rings is 1. The van der Waals surface area contributed by atoms with Crippen LogP contribution in [0.5, 0.6) is 0 Å². The number of hydrogen-bond acceptors (Lipinski definition) is 3. The lowest BCUT2D eigenvalue weighted by Gasteiger charge is -2.29. The van der Waals surface area contributed by atoms with Gasteiger partial charge in [0, 0.05) is 24.4 Å². The molecule has 2 heterocycles. The van der Waals surface area contributed by atoms with Gasteiger partial charge in [-0.3, -0.25) is 0 Å². The molecule has 0 unspecified atom stereocenters. The Hall–Kier alpha value is -0.960. The summed E-state index contributed by atoms with van der Waals surface area (Å²) in [5, 5.41) is 0. The van der Waals surface area contributed by atoms with Crippen LogP contribution in [0.15, 0.2) is 28.1 Å². The normalized spacial score (nSPS) is 19.1. The Kier molecular flexibility index (Phi) is 3.10. The molecule has 3 heteroatoms. The third-order valence-electron chi connectivity index (χ3n) is 3.60. The molecule has 3 rings (SSSR count). The van der Waals surface area contributed by atoms with Gasteiger partial charge in [-0.1, -0.05) is 18.6 Å². The van der Waals surface area contributed by atoms with Gasteiger partial charge in [-0.25, -0.2) is 4.99 Å². The van der Waals surface area contributed by atoms with Crippen molar-refractivity contribution < 1.29 is 0 Å². The molecule has 17 heavy (non-hydrogen) atoms. The van der Waals surface area contributed by atoms with Crippen LogP contribution >= 0.6 is 11.8 Å². The molecule has 0 radical (unpaired) electrons. The molecule has 1 aromatic rings. The zero-order valence-corrected chi connectivity index (χ0v) is 11.1. The second kappa shape index (κ2) is 4.73. The first-order chi connectivity index (χ1) is 8.38. The molecular formula is C14H18N2S. The van der Waals surface area contributed by atoms with E-state index in [0.717, 1.165) is 13.0 Å². The maximum atomic E-state index is 4.92. The van der Waals surface area contributed by atoms with Gasteiger partial charge in [0.05, 0.1) is 5.69 Å². The quantitative estimate of drug-likeness (QED) is 0.700. The predicted octanol–water partition coefficient (Wildman–Crippen LogP) is 3.83. The summed E-state index contributed by atoms with van der Waals surface area (Å²) in [6.45, 7) is 2.24. The van der Waals surface area contributed by atoms with Crippen molar-refractivity contribution in [1.29, 1.82) is 0 Å². The summed E-state index contributed by atoms with van der Waals surface area (Å²) in [7, 11) is 0. The average molecular weight is 246 g/mol. The van der Waals surface area contributed by atoms with E-state index in [-0.39, 0.29) is 0 Å². The first-order valence-electron chi connectivity index (χ1n) is 6.37. The second-order valence-corrected chi connectivity index (χ2v) is 5.58. The molecule has 0 bridgehead atoms. The molecule has 1 saturated heterocycles. The van der Waals surface area contributed by atoms with Gasteiger partial charge < -0.3 is 4.90 Å². The van der Waals surface area contributed by atoms with Crippen LogP contribution < -0.4 is 0 Å². The summed E-state index contributed by atoms with van der Waals surface area (Å²) < 4.78 is 0. The highest BCUT2D eigenvalue weighted by molar-refractivity contribution is 7.98. The zero-order valence-electron chi connectivity index (χ0n) is 10.3. The highest BCUT2D eigenvalue weighted by Gasteiger charge is 2.22. The lowest BCUT2D eigenvalue weighted by atomic mass is 10.1. The Morgan fingerprint density at radius 3 is 3.06 bits per heavy atom. The summed E-state index contributed by atoms with van der Waals surface area (Å²) in [5.74, 6) is 1.32. The fourth-order valence-corrected chi connectivity index (χ4v) is 3.25. The molecule has 0 saturated carbocycles. The third kappa shape index (κ3) is 2.08. The van der Waals surface area contributed by atoms with E-state index in [0.29, 0.717) is 0 Å². The Labute approximate surface area is 107 Å². The Morgan fingerprint density at radius 1 is 1.24 bits per heavy atom. The van der Waals surface area contributed by atoms with Crippen molar-refractivity contribution in [3.05, 3.63) is 23.8 Å². The van der Waals surface area contributed by atoms with E-state index in [1.165, 1.54) is 47.8 Å². The van der Waals surface area contributed by atoms with Crippen LogP contribution in [0.25, 0.3) is 0 Å². The molecule has 0 aromatic heterocycles. The first-order valence-corrected chi connectivity index (χ1v) is 7.59. The van der Waals surface area contributed by atoms with Gasteiger partial charge in [-0.05, 0) is 30.7 Å². The molecule has 0 spiro atoms. The van der Waals surface area contributed by atoms with Crippen molar-refractivity contribution >= 4 is 23.3 Å². The zero-order chi connectivity index (χ0) is 11.7. The Morgan fingerprint density at radius 2 is 2.18 bits per heavy atom. The minimum Gasteiger partial charge on any atom is -0.356 e. The van der Waals surface area contributed by atoms with Crippen molar-refractivity contribution in [3.8, 4) is 0 Å². The molecule has 1 aromatic carbocycles. The number of para-hydroxylation sites is 1. The van der Waals surface area contributed by atoms with Crippen LogP contribution in [0, 0.1) is 0 Å².